The van der Waals surface area contributed by atoms with E-state index in [2.05, 4.69) is 21.2 Å². The van der Waals surface area contributed by atoms with Gasteiger partial charge in [-0.25, -0.2) is 4.39 Å². The first-order chi connectivity index (χ1) is 10.1. The summed E-state index contributed by atoms with van der Waals surface area (Å²) in [6.45, 7) is 0.600. The molecule has 2 aromatic carbocycles. The summed E-state index contributed by atoms with van der Waals surface area (Å²) in [5.74, 6) is 1.04. The predicted molar refractivity (Wildman–Crippen MR) is 85.5 cm³/mol. The van der Waals surface area contributed by atoms with E-state index in [1.54, 1.807) is 24.3 Å². The highest BCUT2D eigenvalue weighted by Gasteiger charge is 2.21. The molecule has 1 N–H and O–H groups in total. The molecule has 2 nitrogen and oxygen atoms in total. The number of halogens is 3. The first kappa shape index (κ1) is 14.8. The minimum Gasteiger partial charge on any atom is -0.456 e. The van der Waals surface area contributed by atoms with Gasteiger partial charge in [0, 0.05) is 23.2 Å². The fraction of sp³-hybridized carbons (Fsp3) is 0.250. The van der Waals surface area contributed by atoms with E-state index in [9.17, 15) is 4.39 Å². The van der Waals surface area contributed by atoms with Crippen LogP contribution in [0.2, 0.25) is 5.02 Å². The molecule has 0 heterocycles. The highest BCUT2D eigenvalue weighted by molar-refractivity contribution is 9.10. The van der Waals surface area contributed by atoms with Crippen molar-refractivity contribution in [2.45, 2.75) is 25.4 Å². The highest BCUT2D eigenvalue weighted by Crippen LogP contribution is 2.34. The Kier molecular flexibility index (Phi) is 4.48. The summed E-state index contributed by atoms with van der Waals surface area (Å²) in [6.07, 6.45) is 2.38. The fourth-order valence-corrected chi connectivity index (χ4v) is 2.77. The molecule has 21 heavy (non-hydrogen) atoms. The second kappa shape index (κ2) is 6.34. The van der Waals surface area contributed by atoms with E-state index in [1.165, 1.54) is 25.0 Å². The molecule has 1 aliphatic rings. The lowest BCUT2D eigenvalue weighted by molar-refractivity contribution is 0.467. The fourth-order valence-electron chi connectivity index (χ4n) is 2.00. The molecule has 0 spiro atoms. The summed E-state index contributed by atoms with van der Waals surface area (Å²) >= 11 is 9.34. The lowest BCUT2D eigenvalue weighted by atomic mass is 10.2. The lowest BCUT2D eigenvalue weighted by Crippen LogP contribution is -2.16. The van der Waals surface area contributed by atoms with Crippen LogP contribution in [0.4, 0.5) is 4.39 Å². The van der Waals surface area contributed by atoms with Gasteiger partial charge in [-0.2, -0.15) is 0 Å². The van der Waals surface area contributed by atoms with Gasteiger partial charge in [0.05, 0.1) is 4.47 Å². The zero-order chi connectivity index (χ0) is 14.8. The molecule has 0 bridgehead atoms. The van der Waals surface area contributed by atoms with Crippen LogP contribution in [0.1, 0.15) is 18.4 Å². The molecule has 0 atom stereocenters. The predicted octanol–water partition coefficient (Wildman–Crippen LogP) is 5.29. The van der Waals surface area contributed by atoms with Crippen molar-refractivity contribution < 1.29 is 9.13 Å². The molecule has 5 heteroatoms. The minimum atomic E-state index is -0.259. The molecule has 0 radical (unpaired) electrons. The van der Waals surface area contributed by atoms with Crippen LogP contribution in [-0.2, 0) is 6.54 Å². The average molecular weight is 371 g/mol. The number of hydrogen-bond donors (Lipinski definition) is 1. The van der Waals surface area contributed by atoms with Gasteiger partial charge in [-0.15, -0.1) is 0 Å². The number of nitrogens with one attached hydrogen (secondary N) is 1. The Labute approximate surface area is 136 Å². The summed E-state index contributed by atoms with van der Waals surface area (Å²) in [4.78, 5) is 0. The summed E-state index contributed by atoms with van der Waals surface area (Å²) < 4.78 is 20.1. The monoisotopic (exact) mass is 369 g/mol. The molecular weight excluding hydrogens is 357 g/mol. The summed E-state index contributed by atoms with van der Waals surface area (Å²) in [7, 11) is 0. The third-order valence-electron chi connectivity index (χ3n) is 3.29. The van der Waals surface area contributed by atoms with Gasteiger partial charge in [0.2, 0.25) is 0 Å². The van der Waals surface area contributed by atoms with E-state index in [-0.39, 0.29) is 5.82 Å². The van der Waals surface area contributed by atoms with Gasteiger partial charge in [0.1, 0.15) is 17.3 Å². The van der Waals surface area contributed by atoms with Crippen molar-refractivity contribution in [1.82, 2.24) is 5.32 Å². The van der Waals surface area contributed by atoms with Crippen molar-refractivity contribution in [3.05, 3.63) is 57.3 Å². The normalized spacial score (nSPS) is 14.2. The van der Waals surface area contributed by atoms with E-state index in [1.807, 2.05) is 0 Å². The van der Waals surface area contributed by atoms with E-state index in [4.69, 9.17) is 16.3 Å². The Morgan fingerprint density at radius 1 is 1.19 bits per heavy atom. The molecule has 1 saturated carbocycles. The van der Waals surface area contributed by atoms with Crippen molar-refractivity contribution in [2.75, 3.05) is 0 Å². The molecule has 0 amide bonds. The molecule has 0 unspecified atom stereocenters. The van der Waals surface area contributed by atoms with E-state index >= 15 is 0 Å². The molecule has 1 fully saturated rings. The first-order valence-electron chi connectivity index (χ1n) is 6.76. The standard InChI is InChI=1S/C16H14BrClFNO/c17-14-8-11(18)1-5-16(14)21-15-6-2-12(19)7-10(15)9-20-13-3-4-13/h1-2,5-8,13,20H,3-4,9H2. The van der Waals surface area contributed by atoms with Crippen molar-refractivity contribution in [1.29, 1.82) is 0 Å². The zero-order valence-electron chi connectivity index (χ0n) is 11.2. The van der Waals surface area contributed by atoms with E-state index in [0.29, 0.717) is 29.1 Å². The summed E-state index contributed by atoms with van der Waals surface area (Å²) in [5.41, 5.74) is 0.809. The van der Waals surface area contributed by atoms with E-state index < -0.39 is 0 Å². The SMILES string of the molecule is Fc1ccc(Oc2ccc(Cl)cc2Br)c(CNC2CC2)c1. The summed E-state index contributed by atoms with van der Waals surface area (Å²) in [5, 5.41) is 4.00. The van der Waals surface area contributed by atoms with Crippen LogP contribution in [0.25, 0.3) is 0 Å². The Hall–Kier alpha value is -1.10. The van der Waals surface area contributed by atoms with Crippen LogP contribution in [0.5, 0.6) is 11.5 Å². The van der Waals surface area contributed by atoms with Crippen LogP contribution in [0.3, 0.4) is 0 Å². The molecule has 110 valence electrons. The maximum absolute atomic E-state index is 13.4. The van der Waals surface area contributed by atoms with Gasteiger partial charge in [-0.05, 0) is 65.2 Å². The smallest absolute Gasteiger partial charge is 0.141 e. The Bertz CT molecular complexity index is 661. The molecule has 1 aliphatic carbocycles. The molecular formula is C16H14BrClFNO. The number of ether oxygens (including phenoxy) is 1. The van der Waals surface area contributed by atoms with Crippen LogP contribution >= 0.6 is 27.5 Å². The summed E-state index contributed by atoms with van der Waals surface area (Å²) in [6, 6.07) is 10.4. The molecule has 3 rings (SSSR count). The third-order valence-corrected chi connectivity index (χ3v) is 4.15. The Balaban J connectivity index is 1.82. The maximum atomic E-state index is 13.4. The minimum absolute atomic E-state index is 0.259. The lowest BCUT2D eigenvalue weighted by Gasteiger charge is -2.13. The number of hydrogen-bond acceptors (Lipinski definition) is 2. The number of rotatable bonds is 5. The molecule has 0 saturated heterocycles. The van der Waals surface area contributed by atoms with Crippen LogP contribution < -0.4 is 10.1 Å². The second-order valence-electron chi connectivity index (χ2n) is 5.08. The van der Waals surface area contributed by atoms with Crippen LogP contribution in [0, 0.1) is 5.82 Å². The van der Waals surface area contributed by atoms with Gasteiger partial charge in [-0.3, -0.25) is 0 Å². The molecule has 0 aliphatic heterocycles. The Morgan fingerprint density at radius 2 is 1.95 bits per heavy atom. The second-order valence-corrected chi connectivity index (χ2v) is 6.37. The van der Waals surface area contributed by atoms with E-state index in [0.717, 1.165) is 10.0 Å². The maximum Gasteiger partial charge on any atom is 0.141 e. The van der Waals surface area contributed by atoms with Gasteiger partial charge in [0.25, 0.3) is 0 Å². The van der Waals surface area contributed by atoms with Crippen molar-refractivity contribution in [3.8, 4) is 11.5 Å². The van der Waals surface area contributed by atoms with Gasteiger partial charge < -0.3 is 10.1 Å². The van der Waals surface area contributed by atoms with Gasteiger partial charge in [-0.1, -0.05) is 11.6 Å². The topological polar surface area (TPSA) is 21.3 Å². The third kappa shape index (κ3) is 3.96. The first-order valence-corrected chi connectivity index (χ1v) is 7.93. The quantitative estimate of drug-likeness (QED) is 0.772. The average Bonchev–Trinajstić information content (AvgIpc) is 3.26. The number of benzene rings is 2. The van der Waals surface area contributed by atoms with Crippen molar-refractivity contribution >= 4 is 27.5 Å². The van der Waals surface area contributed by atoms with Crippen LogP contribution in [0.15, 0.2) is 40.9 Å². The van der Waals surface area contributed by atoms with Gasteiger partial charge >= 0.3 is 0 Å². The Morgan fingerprint density at radius 3 is 2.67 bits per heavy atom. The van der Waals surface area contributed by atoms with Crippen molar-refractivity contribution in [3.63, 3.8) is 0 Å². The molecule has 0 aromatic heterocycles. The largest absolute Gasteiger partial charge is 0.456 e. The molecule has 2 aromatic rings. The van der Waals surface area contributed by atoms with Crippen LogP contribution in [-0.4, -0.2) is 6.04 Å². The van der Waals surface area contributed by atoms with Gasteiger partial charge in [0.15, 0.2) is 0 Å². The van der Waals surface area contributed by atoms with Crippen molar-refractivity contribution in [2.24, 2.45) is 0 Å². The zero-order valence-corrected chi connectivity index (χ0v) is 13.5. The highest BCUT2D eigenvalue weighted by atomic mass is 79.9.